The van der Waals surface area contributed by atoms with Crippen molar-refractivity contribution in [3.8, 4) is 5.69 Å². The van der Waals surface area contributed by atoms with Crippen molar-refractivity contribution in [3.63, 3.8) is 0 Å². The lowest BCUT2D eigenvalue weighted by Crippen LogP contribution is -2.44. The third-order valence-electron chi connectivity index (χ3n) is 4.86. The van der Waals surface area contributed by atoms with Gasteiger partial charge in [0.05, 0.1) is 18.9 Å². The summed E-state index contributed by atoms with van der Waals surface area (Å²) in [5.41, 5.74) is 4.34. The van der Waals surface area contributed by atoms with E-state index in [0.29, 0.717) is 5.69 Å². The van der Waals surface area contributed by atoms with E-state index in [1.807, 2.05) is 12.1 Å². The molecule has 1 unspecified atom stereocenters. The highest BCUT2D eigenvalue weighted by molar-refractivity contribution is 5.96. The fraction of sp³-hybridized carbons (Fsp3) is 0.381. The van der Waals surface area contributed by atoms with Crippen molar-refractivity contribution >= 4 is 11.9 Å². The Morgan fingerprint density at radius 2 is 2.11 bits per heavy atom. The fourth-order valence-electron chi connectivity index (χ4n) is 3.38. The van der Waals surface area contributed by atoms with Crippen LogP contribution in [0.25, 0.3) is 5.69 Å². The lowest BCUT2D eigenvalue weighted by atomic mass is 10.1. The van der Waals surface area contributed by atoms with Crippen LogP contribution in [-0.4, -0.2) is 46.0 Å². The van der Waals surface area contributed by atoms with E-state index in [0.717, 1.165) is 42.6 Å². The summed E-state index contributed by atoms with van der Waals surface area (Å²) in [6, 6.07) is 6.95. The predicted molar refractivity (Wildman–Crippen MR) is 105 cm³/mol. The molecule has 2 aromatic rings. The van der Waals surface area contributed by atoms with Gasteiger partial charge in [0, 0.05) is 11.3 Å². The molecule has 1 aliphatic carbocycles. The van der Waals surface area contributed by atoms with Crippen LogP contribution in [0.5, 0.6) is 0 Å². The number of carboxylic acids is 1. The highest BCUT2D eigenvalue weighted by Crippen LogP contribution is 2.28. The molecule has 1 heterocycles. The van der Waals surface area contributed by atoms with E-state index in [1.165, 1.54) is 11.6 Å². The van der Waals surface area contributed by atoms with E-state index in [9.17, 15) is 14.7 Å². The minimum absolute atomic E-state index is 0.130. The van der Waals surface area contributed by atoms with Crippen LogP contribution in [-0.2, 0) is 28.8 Å². The van der Waals surface area contributed by atoms with Gasteiger partial charge in [0.2, 0.25) is 0 Å². The number of benzene rings is 1. The average molecular weight is 383 g/mol. The number of aliphatic carboxylic acids is 1. The molecule has 1 aliphatic rings. The molecular formula is C21H25N3O4. The number of hydrogen-bond acceptors (Lipinski definition) is 4. The second-order valence-electron chi connectivity index (χ2n) is 6.75. The van der Waals surface area contributed by atoms with Crippen molar-refractivity contribution in [2.45, 2.75) is 38.6 Å². The second kappa shape index (κ2) is 8.84. The topological polar surface area (TPSA) is 93.5 Å². The molecule has 1 aromatic carbocycles. The van der Waals surface area contributed by atoms with Gasteiger partial charge in [-0.3, -0.25) is 4.79 Å². The Kier molecular flexibility index (Phi) is 6.26. The standard InChI is InChI=1S/C21H25N3O4/c1-3-12-28-13-17(21(26)27)22-20(25)19-16-6-5-7-18(16)24(23-19)15-10-8-14(4-2)9-11-15/h3,8-11,17H,1,4-7,12-13H2,2H3,(H,22,25)(H,26,27). The molecule has 2 N–H and O–H groups in total. The van der Waals surface area contributed by atoms with Gasteiger partial charge in [0.15, 0.2) is 11.7 Å². The maximum atomic E-state index is 12.8. The summed E-state index contributed by atoms with van der Waals surface area (Å²) in [6.45, 7) is 5.71. The van der Waals surface area contributed by atoms with Gasteiger partial charge in [-0.05, 0) is 43.4 Å². The highest BCUT2D eigenvalue weighted by Gasteiger charge is 2.29. The van der Waals surface area contributed by atoms with Crippen LogP contribution in [0, 0.1) is 0 Å². The Balaban J connectivity index is 1.84. The first kappa shape index (κ1) is 19.8. The van der Waals surface area contributed by atoms with Crippen LogP contribution in [0.1, 0.15) is 40.7 Å². The van der Waals surface area contributed by atoms with Crippen molar-refractivity contribution in [1.82, 2.24) is 15.1 Å². The zero-order valence-corrected chi connectivity index (χ0v) is 16.0. The van der Waals surface area contributed by atoms with Gasteiger partial charge in [0.1, 0.15) is 0 Å². The molecule has 0 aliphatic heterocycles. The molecule has 0 fully saturated rings. The Hall–Kier alpha value is -2.93. The molecule has 7 heteroatoms. The summed E-state index contributed by atoms with van der Waals surface area (Å²) in [6.07, 6.45) is 5.03. The van der Waals surface area contributed by atoms with E-state index in [4.69, 9.17) is 4.74 Å². The van der Waals surface area contributed by atoms with E-state index >= 15 is 0 Å². The maximum Gasteiger partial charge on any atom is 0.328 e. The number of carbonyl (C=O) groups excluding carboxylic acids is 1. The summed E-state index contributed by atoms with van der Waals surface area (Å²) in [7, 11) is 0. The number of aryl methyl sites for hydroxylation is 1. The molecule has 0 radical (unpaired) electrons. The van der Waals surface area contributed by atoms with E-state index in [2.05, 4.69) is 36.1 Å². The highest BCUT2D eigenvalue weighted by atomic mass is 16.5. The number of hydrogen-bond donors (Lipinski definition) is 2. The monoisotopic (exact) mass is 383 g/mol. The summed E-state index contributed by atoms with van der Waals surface area (Å²) in [5, 5.41) is 16.4. The number of nitrogens with zero attached hydrogens (tertiary/aromatic N) is 2. The lowest BCUT2D eigenvalue weighted by molar-refractivity contribution is -0.140. The first-order valence-electron chi connectivity index (χ1n) is 9.47. The van der Waals surface area contributed by atoms with Crippen LogP contribution in [0.4, 0.5) is 0 Å². The number of amides is 1. The van der Waals surface area contributed by atoms with Gasteiger partial charge >= 0.3 is 5.97 Å². The molecule has 3 rings (SSSR count). The SMILES string of the molecule is C=CCOCC(NC(=O)c1nn(-c2ccc(CC)cc2)c2c1CCC2)C(=O)O. The molecule has 28 heavy (non-hydrogen) atoms. The first-order valence-corrected chi connectivity index (χ1v) is 9.47. The van der Waals surface area contributed by atoms with E-state index < -0.39 is 17.9 Å². The molecule has 7 nitrogen and oxygen atoms in total. The summed E-state index contributed by atoms with van der Waals surface area (Å²) >= 11 is 0. The smallest absolute Gasteiger partial charge is 0.328 e. The Labute approximate surface area is 164 Å². The zero-order valence-electron chi connectivity index (χ0n) is 16.0. The third kappa shape index (κ3) is 4.14. The fourth-order valence-corrected chi connectivity index (χ4v) is 3.38. The van der Waals surface area contributed by atoms with Crippen molar-refractivity contribution in [3.05, 3.63) is 59.4 Å². The Morgan fingerprint density at radius 1 is 1.36 bits per heavy atom. The maximum absolute atomic E-state index is 12.8. The number of ether oxygens (including phenoxy) is 1. The van der Waals surface area contributed by atoms with Crippen molar-refractivity contribution in [2.24, 2.45) is 0 Å². The predicted octanol–water partition coefficient (Wildman–Crippen LogP) is 2.31. The molecule has 1 aromatic heterocycles. The quantitative estimate of drug-likeness (QED) is 0.512. The van der Waals surface area contributed by atoms with Gasteiger partial charge in [-0.15, -0.1) is 6.58 Å². The normalized spacial score (nSPS) is 13.8. The zero-order chi connectivity index (χ0) is 20.1. The van der Waals surface area contributed by atoms with Crippen molar-refractivity contribution in [2.75, 3.05) is 13.2 Å². The van der Waals surface area contributed by atoms with Crippen LogP contribution < -0.4 is 5.32 Å². The van der Waals surface area contributed by atoms with Gasteiger partial charge < -0.3 is 15.2 Å². The van der Waals surface area contributed by atoms with Gasteiger partial charge in [-0.25, -0.2) is 9.48 Å². The number of nitrogens with one attached hydrogen (secondary N) is 1. The molecular weight excluding hydrogens is 358 g/mol. The number of fused-ring (bicyclic) bond motifs is 1. The molecule has 1 amide bonds. The summed E-state index contributed by atoms with van der Waals surface area (Å²) in [5.74, 6) is -1.64. The number of carbonyl (C=O) groups is 2. The first-order chi connectivity index (χ1) is 13.5. The van der Waals surface area contributed by atoms with Crippen LogP contribution in [0.2, 0.25) is 0 Å². The minimum atomic E-state index is -1.15. The number of aromatic nitrogens is 2. The molecule has 1 atom stereocenters. The number of carboxylic acid groups (broad SMARTS) is 1. The van der Waals surface area contributed by atoms with Crippen LogP contribution >= 0.6 is 0 Å². The third-order valence-corrected chi connectivity index (χ3v) is 4.86. The van der Waals surface area contributed by atoms with Gasteiger partial charge in [-0.1, -0.05) is 25.1 Å². The number of rotatable bonds is 9. The second-order valence-corrected chi connectivity index (χ2v) is 6.75. The van der Waals surface area contributed by atoms with Gasteiger partial charge in [0.25, 0.3) is 5.91 Å². The Morgan fingerprint density at radius 3 is 2.75 bits per heavy atom. The van der Waals surface area contributed by atoms with E-state index in [-0.39, 0.29) is 13.2 Å². The molecule has 0 saturated carbocycles. The largest absolute Gasteiger partial charge is 0.480 e. The average Bonchev–Trinajstić information content (AvgIpc) is 3.30. The van der Waals surface area contributed by atoms with E-state index in [1.54, 1.807) is 4.68 Å². The Bertz CT molecular complexity index is 871. The van der Waals surface area contributed by atoms with Crippen molar-refractivity contribution in [1.29, 1.82) is 0 Å². The molecule has 0 spiro atoms. The molecule has 0 saturated heterocycles. The summed E-state index contributed by atoms with van der Waals surface area (Å²) in [4.78, 5) is 24.2. The molecule has 148 valence electrons. The lowest BCUT2D eigenvalue weighted by Gasteiger charge is -2.13. The van der Waals surface area contributed by atoms with Crippen LogP contribution in [0.15, 0.2) is 36.9 Å². The van der Waals surface area contributed by atoms with Crippen LogP contribution in [0.3, 0.4) is 0 Å². The molecule has 0 bridgehead atoms. The van der Waals surface area contributed by atoms with Crippen molar-refractivity contribution < 1.29 is 19.4 Å². The minimum Gasteiger partial charge on any atom is -0.480 e. The van der Waals surface area contributed by atoms with Gasteiger partial charge in [-0.2, -0.15) is 5.10 Å². The summed E-state index contributed by atoms with van der Waals surface area (Å²) < 4.78 is 7.00.